The van der Waals surface area contributed by atoms with Crippen LogP contribution in [-0.4, -0.2) is 122 Å². The molecule has 0 aromatic carbocycles. The Kier molecular flexibility index (Phi) is 13.4. The van der Waals surface area contributed by atoms with E-state index in [-0.39, 0.29) is 0 Å². The zero-order valence-corrected chi connectivity index (χ0v) is 25.1. The molecule has 44 heavy (non-hydrogen) atoms. The van der Waals surface area contributed by atoms with Crippen LogP contribution in [0.4, 0.5) is 0 Å². The summed E-state index contributed by atoms with van der Waals surface area (Å²) >= 11 is 0. The van der Waals surface area contributed by atoms with Crippen molar-refractivity contribution in [2.45, 2.75) is 110 Å². The fourth-order valence-electron chi connectivity index (χ4n) is 4.46. The van der Waals surface area contributed by atoms with Crippen LogP contribution in [0.3, 0.4) is 0 Å². The first-order valence-electron chi connectivity index (χ1n) is 13.3. The van der Waals surface area contributed by atoms with Gasteiger partial charge in [0, 0.05) is 48.5 Å². The van der Waals surface area contributed by atoms with Crippen LogP contribution in [0.15, 0.2) is 0 Å². The molecule has 0 aromatic rings. The predicted molar refractivity (Wildman–Crippen MR) is 135 cm³/mol. The van der Waals surface area contributed by atoms with Crippen molar-refractivity contribution >= 4 is 41.8 Å². The Bertz CT molecular complexity index is 1090. The topological polar surface area (TPSA) is 232 Å². The Morgan fingerprint density at radius 3 is 1.34 bits per heavy atom. The lowest BCUT2D eigenvalue weighted by atomic mass is 9.97. The van der Waals surface area contributed by atoms with E-state index in [2.05, 4.69) is 0 Å². The van der Waals surface area contributed by atoms with E-state index in [9.17, 15) is 38.7 Å². The van der Waals surface area contributed by atoms with Crippen LogP contribution in [0.25, 0.3) is 0 Å². The number of hydrogen-bond acceptors (Lipinski definition) is 18. The molecule has 0 amide bonds. The Hall–Kier alpha value is -3.87. The Morgan fingerprint density at radius 2 is 0.864 bits per heavy atom. The summed E-state index contributed by atoms with van der Waals surface area (Å²) in [5.41, 5.74) is 0. The minimum atomic E-state index is -1.81. The van der Waals surface area contributed by atoms with E-state index in [4.69, 9.17) is 47.4 Å². The number of aliphatic hydroxyl groups excluding tert-OH is 1. The SMILES string of the molecule is CC(=O)OC[C@H]1O[C@@H](OC[C@H]2OC(OC(C)=O)[C@H](OC(C)=O)[C@@H](OC(C)=O)[C@H]2OC(C)=O)[C@H](O)[C@@H](OC(C)=O)[C@H]1OC(C)=O. The summed E-state index contributed by atoms with van der Waals surface area (Å²) in [4.78, 5) is 82.8. The van der Waals surface area contributed by atoms with Gasteiger partial charge in [0.25, 0.3) is 0 Å². The smallest absolute Gasteiger partial charge is 0.305 e. The molecule has 0 aliphatic carbocycles. The third-order valence-corrected chi connectivity index (χ3v) is 5.87. The second-order valence-electron chi connectivity index (χ2n) is 9.69. The summed E-state index contributed by atoms with van der Waals surface area (Å²) < 4.78 is 53.5. The molecule has 2 aliphatic rings. The number of ether oxygens (including phenoxy) is 10. The van der Waals surface area contributed by atoms with Crippen molar-refractivity contribution in [3.63, 3.8) is 0 Å². The summed E-state index contributed by atoms with van der Waals surface area (Å²) in [5.74, 6) is -5.92. The average molecular weight is 637 g/mol. The van der Waals surface area contributed by atoms with Gasteiger partial charge in [-0.2, -0.15) is 0 Å². The summed E-state index contributed by atoms with van der Waals surface area (Å²) in [6, 6.07) is 0. The van der Waals surface area contributed by atoms with E-state index < -0.39 is 116 Å². The predicted octanol–water partition coefficient (Wildman–Crippen LogP) is -1.40. The second-order valence-corrected chi connectivity index (χ2v) is 9.69. The van der Waals surface area contributed by atoms with Gasteiger partial charge in [-0.15, -0.1) is 0 Å². The van der Waals surface area contributed by atoms with Crippen LogP contribution in [0.1, 0.15) is 48.5 Å². The molecular formula is C26H36O18. The molecule has 0 bridgehead atoms. The number of carbonyl (C=O) groups excluding carboxylic acids is 7. The maximum Gasteiger partial charge on any atom is 0.305 e. The van der Waals surface area contributed by atoms with Crippen LogP contribution < -0.4 is 0 Å². The highest BCUT2D eigenvalue weighted by molar-refractivity contribution is 5.69. The van der Waals surface area contributed by atoms with Crippen molar-refractivity contribution in [2.75, 3.05) is 13.2 Å². The summed E-state index contributed by atoms with van der Waals surface area (Å²) in [5, 5.41) is 11.0. The van der Waals surface area contributed by atoms with Crippen LogP contribution in [0.5, 0.6) is 0 Å². The Balaban J connectivity index is 2.44. The number of hydrogen-bond donors (Lipinski definition) is 1. The molecule has 10 atom stereocenters. The van der Waals surface area contributed by atoms with Gasteiger partial charge in [0.1, 0.15) is 24.9 Å². The summed E-state index contributed by atoms with van der Waals surface area (Å²) in [7, 11) is 0. The molecule has 0 radical (unpaired) electrons. The zero-order chi connectivity index (χ0) is 33.3. The largest absolute Gasteiger partial charge is 0.463 e. The Morgan fingerprint density at radius 1 is 0.477 bits per heavy atom. The molecule has 2 saturated heterocycles. The van der Waals surface area contributed by atoms with E-state index in [1.54, 1.807) is 0 Å². The highest BCUT2D eigenvalue weighted by atomic mass is 16.8. The van der Waals surface area contributed by atoms with Gasteiger partial charge in [0.05, 0.1) is 6.61 Å². The maximum atomic E-state index is 12.0. The van der Waals surface area contributed by atoms with Gasteiger partial charge in [-0.3, -0.25) is 33.6 Å². The molecule has 18 nitrogen and oxygen atoms in total. The monoisotopic (exact) mass is 636 g/mol. The standard InChI is InChI=1S/C26H36O18/c1-10(27)35-8-17-20(37-11(2)28)22(39-13(4)30)19(34)25(43-17)36-9-18-21(38-12(3)29)23(40-14(5)31)24(41-15(6)32)26(44-18)42-16(7)33/h17-26,34H,8-9H2,1-7H3/t17-,18-,19-,20+,21+,22-,23+,24-,25-,26?/m1/s1. The highest BCUT2D eigenvalue weighted by Gasteiger charge is 2.55. The first-order valence-corrected chi connectivity index (χ1v) is 13.3. The molecule has 1 unspecified atom stereocenters. The lowest BCUT2D eigenvalue weighted by Crippen LogP contribution is -2.64. The van der Waals surface area contributed by atoms with Crippen molar-refractivity contribution < 1.29 is 86.0 Å². The molecule has 248 valence electrons. The molecule has 1 N–H and O–H groups in total. The van der Waals surface area contributed by atoms with Gasteiger partial charge in [-0.05, 0) is 0 Å². The van der Waals surface area contributed by atoms with E-state index in [1.807, 2.05) is 0 Å². The van der Waals surface area contributed by atoms with Crippen LogP contribution in [0, 0.1) is 0 Å². The molecule has 0 aromatic heterocycles. The normalized spacial score (nSPS) is 31.5. The highest BCUT2D eigenvalue weighted by Crippen LogP contribution is 2.32. The molecule has 18 heteroatoms. The van der Waals surface area contributed by atoms with Crippen molar-refractivity contribution in [3.8, 4) is 0 Å². The van der Waals surface area contributed by atoms with E-state index in [1.165, 1.54) is 0 Å². The van der Waals surface area contributed by atoms with Crippen LogP contribution in [0.2, 0.25) is 0 Å². The van der Waals surface area contributed by atoms with Gasteiger partial charge in [0.15, 0.2) is 30.7 Å². The fourth-order valence-corrected chi connectivity index (χ4v) is 4.46. The number of rotatable bonds is 11. The summed E-state index contributed by atoms with van der Waals surface area (Å²) in [6.45, 7) is 6.16. The second kappa shape index (κ2) is 16.3. The number of aliphatic hydroxyl groups is 1. The van der Waals surface area contributed by atoms with E-state index in [0.717, 1.165) is 48.5 Å². The fraction of sp³-hybridized carbons (Fsp3) is 0.731. The van der Waals surface area contributed by atoms with E-state index in [0.29, 0.717) is 0 Å². The molecule has 0 spiro atoms. The molecule has 2 rings (SSSR count). The molecular weight excluding hydrogens is 600 g/mol. The van der Waals surface area contributed by atoms with Gasteiger partial charge >= 0.3 is 41.8 Å². The van der Waals surface area contributed by atoms with Crippen molar-refractivity contribution in [1.82, 2.24) is 0 Å². The first kappa shape index (κ1) is 36.3. The van der Waals surface area contributed by atoms with Gasteiger partial charge in [-0.25, -0.2) is 0 Å². The molecule has 0 saturated carbocycles. The molecule has 2 aliphatic heterocycles. The van der Waals surface area contributed by atoms with E-state index >= 15 is 0 Å². The van der Waals surface area contributed by atoms with Crippen LogP contribution in [-0.2, 0) is 80.9 Å². The molecule has 2 fully saturated rings. The van der Waals surface area contributed by atoms with Gasteiger partial charge in [-0.1, -0.05) is 0 Å². The minimum Gasteiger partial charge on any atom is -0.463 e. The van der Waals surface area contributed by atoms with Crippen LogP contribution >= 0.6 is 0 Å². The quantitative estimate of drug-likeness (QED) is 0.203. The van der Waals surface area contributed by atoms with Crippen molar-refractivity contribution in [2.24, 2.45) is 0 Å². The minimum absolute atomic E-state index is 0.513. The van der Waals surface area contributed by atoms with Crippen molar-refractivity contribution in [3.05, 3.63) is 0 Å². The Labute approximate surface area is 251 Å². The lowest BCUT2D eigenvalue weighted by molar-refractivity contribution is -0.330. The number of carbonyl (C=O) groups is 7. The lowest BCUT2D eigenvalue weighted by Gasteiger charge is -2.45. The third kappa shape index (κ3) is 10.7. The molecule has 2 heterocycles. The first-order chi connectivity index (χ1) is 20.5. The van der Waals surface area contributed by atoms with Crippen molar-refractivity contribution in [1.29, 1.82) is 0 Å². The van der Waals surface area contributed by atoms with Gasteiger partial charge in [0.2, 0.25) is 12.4 Å². The summed E-state index contributed by atoms with van der Waals surface area (Å²) in [6.07, 6.45) is -15.6. The number of esters is 7. The average Bonchev–Trinajstić information content (AvgIpc) is 2.87. The zero-order valence-electron chi connectivity index (χ0n) is 25.1. The third-order valence-electron chi connectivity index (χ3n) is 5.87. The van der Waals surface area contributed by atoms with Gasteiger partial charge < -0.3 is 52.5 Å². The maximum absolute atomic E-state index is 12.0.